The molecule has 0 aliphatic carbocycles. The van der Waals surface area contributed by atoms with Gasteiger partial charge in [0.15, 0.2) is 0 Å². The number of hydrogen-bond donors (Lipinski definition) is 0. The molecule has 0 saturated carbocycles. The normalized spacial score (nSPS) is 17.5. The first-order valence-electron chi connectivity index (χ1n) is 8.80. The molecule has 3 heterocycles. The van der Waals surface area contributed by atoms with E-state index in [9.17, 15) is 18.0 Å². The Morgan fingerprint density at radius 2 is 2.14 bits per heavy atom. The van der Waals surface area contributed by atoms with Crippen LogP contribution in [0.3, 0.4) is 0 Å². The van der Waals surface area contributed by atoms with Gasteiger partial charge < -0.3 is 14.4 Å². The second-order valence-electron chi connectivity index (χ2n) is 6.47. The van der Waals surface area contributed by atoms with Crippen LogP contribution in [0.4, 0.5) is 13.2 Å². The van der Waals surface area contributed by atoms with Crippen molar-refractivity contribution in [3.05, 3.63) is 53.2 Å². The molecule has 4 rings (SSSR count). The average Bonchev–Trinajstić information content (AvgIpc) is 3.19. The highest BCUT2D eigenvalue weighted by molar-refractivity contribution is 7.16. The number of carbonyl (C=O) groups is 1. The number of thiazole rings is 1. The van der Waals surface area contributed by atoms with Crippen LogP contribution in [-0.2, 0) is 10.9 Å². The van der Waals surface area contributed by atoms with Gasteiger partial charge >= 0.3 is 6.18 Å². The van der Waals surface area contributed by atoms with Crippen molar-refractivity contribution in [3.8, 4) is 5.88 Å². The number of alkyl halides is 3. The molecule has 0 spiro atoms. The van der Waals surface area contributed by atoms with Gasteiger partial charge in [0.1, 0.15) is 12.7 Å². The number of hydrogen-bond acceptors (Lipinski definition) is 6. The number of fused-ring (bicyclic) bond motifs is 1. The van der Waals surface area contributed by atoms with Gasteiger partial charge in [0.05, 0.1) is 34.4 Å². The summed E-state index contributed by atoms with van der Waals surface area (Å²) in [5, 5.41) is 0. The van der Waals surface area contributed by atoms with E-state index in [1.807, 2.05) is 12.1 Å². The zero-order valence-corrected chi connectivity index (χ0v) is 15.9. The summed E-state index contributed by atoms with van der Waals surface area (Å²) in [7, 11) is 0. The Hall–Kier alpha value is -2.72. The number of aromatic nitrogens is 2. The van der Waals surface area contributed by atoms with Gasteiger partial charge in [-0.3, -0.25) is 4.79 Å². The number of amides is 1. The molecule has 1 aliphatic heterocycles. The summed E-state index contributed by atoms with van der Waals surface area (Å²) >= 11 is 1.47. The first-order valence-corrected chi connectivity index (χ1v) is 9.68. The molecular weight excluding hydrogens is 407 g/mol. The van der Waals surface area contributed by atoms with Crippen LogP contribution in [0.5, 0.6) is 5.88 Å². The lowest BCUT2D eigenvalue weighted by molar-refractivity contribution is -0.137. The molecule has 1 unspecified atom stereocenters. The molecule has 6 nitrogen and oxygen atoms in total. The molecule has 10 heteroatoms. The monoisotopic (exact) mass is 423 g/mol. The van der Waals surface area contributed by atoms with Crippen molar-refractivity contribution in [2.24, 2.45) is 0 Å². The summed E-state index contributed by atoms with van der Waals surface area (Å²) in [6.07, 6.45) is -4.12. The SMILES string of the molecule is O=C(c1ccc2ncsc2c1)N1CCOC(COc2ccc(C(F)(F)F)cn2)C1. The molecule has 2 aromatic heterocycles. The second-order valence-corrected chi connectivity index (χ2v) is 7.36. The molecule has 152 valence electrons. The fourth-order valence-electron chi connectivity index (χ4n) is 2.99. The van der Waals surface area contributed by atoms with E-state index in [2.05, 4.69) is 9.97 Å². The summed E-state index contributed by atoms with van der Waals surface area (Å²) in [4.78, 5) is 22.4. The van der Waals surface area contributed by atoms with Crippen LogP contribution in [0.25, 0.3) is 10.2 Å². The minimum absolute atomic E-state index is 0.0701. The van der Waals surface area contributed by atoms with E-state index < -0.39 is 17.8 Å². The highest BCUT2D eigenvalue weighted by atomic mass is 32.1. The molecular formula is C19H16F3N3O3S. The largest absolute Gasteiger partial charge is 0.475 e. The minimum Gasteiger partial charge on any atom is -0.475 e. The van der Waals surface area contributed by atoms with Crippen LogP contribution in [-0.4, -0.2) is 53.2 Å². The van der Waals surface area contributed by atoms with Crippen LogP contribution in [0.15, 0.2) is 42.0 Å². The summed E-state index contributed by atoms with van der Waals surface area (Å²) < 4.78 is 49.8. The third-order valence-electron chi connectivity index (χ3n) is 4.48. The molecule has 3 aromatic rings. The van der Waals surface area contributed by atoms with E-state index in [-0.39, 0.29) is 18.4 Å². The van der Waals surface area contributed by atoms with E-state index in [0.717, 1.165) is 22.5 Å². The molecule has 1 aliphatic rings. The zero-order chi connectivity index (χ0) is 20.4. The zero-order valence-electron chi connectivity index (χ0n) is 15.1. The third kappa shape index (κ3) is 4.48. The molecule has 0 bridgehead atoms. The van der Waals surface area contributed by atoms with Crippen molar-refractivity contribution >= 4 is 27.5 Å². The van der Waals surface area contributed by atoms with Crippen molar-refractivity contribution in [2.75, 3.05) is 26.3 Å². The van der Waals surface area contributed by atoms with Gasteiger partial charge in [-0.05, 0) is 24.3 Å². The Bertz CT molecular complexity index is 1010. The van der Waals surface area contributed by atoms with Gasteiger partial charge in [0.2, 0.25) is 5.88 Å². The predicted molar refractivity (Wildman–Crippen MR) is 100.0 cm³/mol. The highest BCUT2D eigenvalue weighted by Crippen LogP contribution is 2.29. The lowest BCUT2D eigenvalue weighted by Gasteiger charge is -2.32. The maximum atomic E-state index is 12.8. The van der Waals surface area contributed by atoms with Gasteiger partial charge in [-0.15, -0.1) is 11.3 Å². The van der Waals surface area contributed by atoms with Crippen LogP contribution < -0.4 is 4.74 Å². The first kappa shape index (κ1) is 19.6. The van der Waals surface area contributed by atoms with E-state index in [0.29, 0.717) is 25.3 Å². The molecule has 1 fully saturated rings. The van der Waals surface area contributed by atoms with Gasteiger partial charge in [0.25, 0.3) is 5.91 Å². The number of ether oxygens (including phenoxy) is 2. The molecule has 1 atom stereocenters. The van der Waals surface area contributed by atoms with Crippen LogP contribution >= 0.6 is 11.3 Å². The highest BCUT2D eigenvalue weighted by Gasteiger charge is 2.31. The smallest absolute Gasteiger partial charge is 0.417 e. The maximum Gasteiger partial charge on any atom is 0.417 e. The van der Waals surface area contributed by atoms with E-state index in [4.69, 9.17) is 9.47 Å². The summed E-state index contributed by atoms with van der Waals surface area (Å²) in [6, 6.07) is 7.46. The van der Waals surface area contributed by atoms with Crippen LogP contribution in [0.2, 0.25) is 0 Å². The van der Waals surface area contributed by atoms with Crippen molar-refractivity contribution in [3.63, 3.8) is 0 Å². The molecule has 1 amide bonds. The topological polar surface area (TPSA) is 64.6 Å². The number of pyridine rings is 1. The van der Waals surface area contributed by atoms with E-state index in [1.54, 1.807) is 16.5 Å². The third-order valence-corrected chi connectivity index (χ3v) is 5.28. The van der Waals surface area contributed by atoms with Gasteiger partial charge in [-0.1, -0.05) is 0 Å². The number of benzene rings is 1. The summed E-state index contributed by atoms with van der Waals surface area (Å²) in [6.45, 7) is 1.20. The van der Waals surface area contributed by atoms with Gasteiger partial charge in [0, 0.05) is 24.4 Å². The summed E-state index contributed by atoms with van der Waals surface area (Å²) in [5.74, 6) is -0.0399. The molecule has 1 aromatic carbocycles. The van der Waals surface area contributed by atoms with Crippen molar-refractivity contribution in [2.45, 2.75) is 12.3 Å². The molecule has 0 N–H and O–H groups in total. The standard InChI is InChI=1S/C19H16F3N3O3S/c20-19(21,22)13-2-4-17(23-8-13)28-10-14-9-25(5-6-27-14)18(26)12-1-3-15-16(7-12)29-11-24-15/h1-4,7-8,11,14H,5-6,9-10H2. The average molecular weight is 423 g/mol. The molecule has 0 radical (unpaired) electrons. The Morgan fingerprint density at radius 3 is 2.90 bits per heavy atom. The van der Waals surface area contributed by atoms with Gasteiger partial charge in [-0.25, -0.2) is 9.97 Å². The predicted octanol–water partition coefficient (Wildman–Crippen LogP) is 3.63. The van der Waals surface area contributed by atoms with Crippen molar-refractivity contribution < 1.29 is 27.4 Å². The van der Waals surface area contributed by atoms with Crippen LogP contribution in [0, 0.1) is 0 Å². The number of morpholine rings is 1. The fraction of sp³-hybridized carbons (Fsp3) is 0.316. The fourth-order valence-corrected chi connectivity index (χ4v) is 3.70. The lowest BCUT2D eigenvalue weighted by atomic mass is 10.1. The second kappa shape index (κ2) is 7.96. The van der Waals surface area contributed by atoms with E-state index in [1.165, 1.54) is 17.4 Å². The molecule has 1 saturated heterocycles. The minimum atomic E-state index is -4.44. The van der Waals surface area contributed by atoms with Crippen LogP contribution in [0.1, 0.15) is 15.9 Å². The molecule has 29 heavy (non-hydrogen) atoms. The first-order chi connectivity index (χ1) is 13.9. The Balaban J connectivity index is 1.36. The van der Waals surface area contributed by atoms with Crippen molar-refractivity contribution in [1.29, 1.82) is 0 Å². The Morgan fingerprint density at radius 1 is 1.28 bits per heavy atom. The number of carbonyl (C=O) groups excluding carboxylic acids is 1. The quantitative estimate of drug-likeness (QED) is 0.641. The maximum absolute atomic E-state index is 12.8. The Kier molecular flexibility index (Phi) is 5.37. The number of nitrogens with zero attached hydrogens (tertiary/aromatic N) is 3. The number of rotatable bonds is 4. The van der Waals surface area contributed by atoms with Gasteiger partial charge in [-0.2, -0.15) is 13.2 Å². The van der Waals surface area contributed by atoms with E-state index >= 15 is 0 Å². The number of halogens is 3. The van der Waals surface area contributed by atoms with Crippen molar-refractivity contribution in [1.82, 2.24) is 14.9 Å². The lowest BCUT2D eigenvalue weighted by Crippen LogP contribution is -2.47. The Labute approximate surface area is 167 Å². The summed E-state index contributed by atoms with van der Waals surface area (Å²) in [5.41, 5.74) is 2.32.